The molecule has 2 rings (SSSR count). The fourth-order valence-electron chi connectivity index (χ4n) is 1.88. The van der Waals surface area contributed by atoms with Crippen LogP contribution in [0.15, 0.2) is 39.7 Å². The Morgan fingerprint density at radius 1 is 1.24 bits per heavy atom. The molecule has 0 fully saturated rings. The normalized spacial score (nSPS) is 11.4. The van der Waals surface area contributed by atoms with E-state index in [4.69, 9.17) is 5.73 Å². The topological polar surface area (TPSA) is 85.1 Å². The second-order valence-corrected chi connectivity index (χ2v) is 7.17. The molecule has 0 bridgehead atoms. The highest BCUT2D eigenvalue weighted by Gasteiger charge is 2.19. The molecule has 3 N–H and O–H groups in total. The Bertz CT molecular complexity index is 776. The second kappa shape index (κ2) is 6.13. The van der Waals surface area contributed by atoms with Crippen molar-refractivity contribution in [2.24, 2.45) is 5.73 Å². The quantitative estimate of drug-likeness (QED) is 0.867. The van der Waals surface area contributed by atoms with Gasteiger partial charge in [0.15, 0.2) is 0 Å². The molecule has 0 atom stereocenters. The standard InChI is InChI=1S/C14H16BrN3O2S/c1-9-3-5-13(10(2)17-9)18-21(19,20)14-6-4-11(8-16)7-12(14)15/h3-7,18H,8,16H2,1-2H3. The van der Waals surface area contributed by atoms with Gasteiger partial charge in [0.05, 0.1) is 11.4 Å². The molecular weight excluding hydrogens is 354 g/mol. The van der Waals surface area contributed by atoms with Crippen LogP contribution in [0.1, 0.15) is 17.0 Å². The van der Waals surface area contributed by atoms with Crippen molar-refractivity contribution in [2.75, 3.05) is 4.72 Å². The van der Waals surface area contributed by atoms with E-state index >= 15 is 0 Å². The zero-order valence-corrected chi connectivity index (χ0v) is 14.1. The second-order valence-electron chi connectivity index (χ2n) is 4.66. The lowest BCUT2D eigenvalue weighted by Crippen LogP contribution is -2.15. The summed E-state index contributed by atoms with van der Waals surface area (Å²) in [5.74, 6) is 0. The maximum Gasteiger partial charge on any atom is 0.263 e. The fourth-order valence-corrected chi connectivity index (χ4v) is 4.13. The van der Waals surface area contributed by atoms with E-state index in [9.17, 15) is 8.42 Å². The summed E-state index contributed by atoms with van der Waals surface area (Å²) in [6.07, 6.45) is 0. The molecule has 0 amide bonds. The molecule has 1 aromatic carbocycles. The molecule has 0 aliphatic rings. The molecule has 0 radical (unpaired) electrons. The molecule has 0 unspecified atom stereocenters. The van der Waals surface area contributed by atoms with Gasteiger partial charge in [-0.25, -0.2) is 8.42 Å². The van der Waals surface area contributed by atoms with E-state index in [0.29, 0.717) is 22.4 Å². The number of aromatic nitrogens is 1. The number of nitrogens with zero attached hydrogens (tertiary/aromatic N) is 1. The van der Waals surface area contributed by atoms with Gasteiger partial charge < -0.3 is 5.73 Å². The third-order valence-corrected chi connectivity index (χ3v) is 5.33. The summed E-state index contributed by atoms with van der Waals surface area (Å²) in [4.78, 5) is 4.41. The number of halogens is 1. The number of nitrogens with two attached hydrogens (primary N) is 1. The number of sulfonamides is 1. The van der Waals surface area contributed by atoms with Crippen molar-refractivity contribution in [1.29, 1.82) is 0 Å². The molecule has 0 saturated carbocycles. The molecule has 0 spiro atoms. The highest BCUT2D eigenvalue weighted by atomic mass is 79.9. The predicted molar refractivity (Wildman–Crippen MR) is 86.6 cm³/mol. The van der Waals surface area contributed by atoms with Crippen LogP contribution >= 0.6 is 15.9 Å². The van der Waals surface area contributed by atoms with Crippen LogP contribution in [-0.4, -0.2) is 13.4 Å². The summed E-state index contributed by atoms with van der Waals surface area (Å²) >= 11 is 3.28. The number of aryl methyl sites for hydroxylation is 2. The Labute approximate surface area is 132 Å². The number of anilines is 1. The van der Waals surface area contributed by atoms with Gasteiger partial charge in [0, 0.05) is 16.7 Å². The van der Waals surface area contributed by atoms with Gasteiger partial charge in [-0.05, 0) is 59.6 Å². The Morgan fingerprint density at radius 3 is 2.52 bits per heavy atom. The zero-order valence-electron chi connectivity index (χ0n) is 11.7. The molecule has 0 saturated heterocycles. The molecule has 21 heavy (non-hydrogen) atoms. The minimum absolute atomic E-state index is 0.166. The first-order valence-corrected chi connectivity index (χ1v) is 8.56. The lowest BCUT2D eigenvalue weighted by molar-refractivity contribution is 0.600. The summed E-state index contributed by atoms with van der Waals surface area (Å²) in [6, 6.07) is 8.40. The highest BCUT2D eigenvalue weighted by Crippen LogP contribution is 2.26. The highest BCUT2D eigenvalue weighted by molar-refractivity contribution is 9.10. The number of hydrogen-bond donors (Lipinski definition) is 2. The molecule has 1 heterocycles. The Balaban J connectivity index is 2.38. The van der Waals surface area contributed by atoms with Gasteiger partial charge in [-0.1, -0.05) is 6.07 Å². The molecule has 0 aliphatic carbocycles. The van der Waals surface area contributed by atoms with Gasteiger partial charge in [-0.15, -0.1) is 0 Å². The molecular formula is C14H16BrN3O2S. The lowest BCUT2D eigenvalue weighted by atomic mass is 10.2. The van der Waals surface area contributed by atoms with Crippen molar-refractivity contribution in [3.05, 3.63) is 51.8 Å². The number of hydrogen-bond acceptors (Lipinski definition) is 4. The van der Waals surface area contributed by atoms with Crippen LogP contribution < -0.4 is 10.5 Å². The molecule has 112 valence electrons. The first kappa shape index (κ1) is 15.9. The summed E-state index contributed by atoms with van der Waals surface area (Å²) < 4.78 is 28.0. The average molecular weight is 370 g/mol. The molecule has 2 aromatic rings. The maximum atomic E-state index is 12.5. The first-order valence-electron chi connectivity index (χ1n) is 6.29. The van der Waals surface area contributed by atoms with Gasteiger partial charge in [-0.3, -0.25) is 9.71 Å². The lowest BCUT2D eigenvalue weighted by Gasteiger charge is -2.12. The fraction of sp³-hybridized carbons (Fsp3) is 0.214. The summed E-state index contributed by atoms with van der Waals surface area (Å²) in [5, 5.41) is 0. The van der Waals surface area contributed by atoms with Crippen LogP contribution in [0.2, 0.25) is 0 Å². The average Bonchev–Trinajstić information content (AvgIpc) is 2.41. The smallest absolute Gasteiger partial charge is 0.263 e. The molecule has 0 aliphatic heterocycles. The van der Waals surface area contributed by atoms with Crippen LogP contribution in [0.3, 0.4) is 0 Å². The van der Waals surface area contributed by atoms with Crippen molar-refractivity contribution < 1.29 is 8.42 Å². The predicted octanol–water partition coefficient (Wildman–Crippen LogP) is 2.72. The summed E-state index contributed by atoms with van der Waals surface area (Å²) in [6.45, 7) is 3.97. The van der Waals surface area contributed by atoms with Crippen molar-refractivity contribution >= 4 is 31.6 Å². The van der Waals surface area contributed by atoms with E-state index < -0.39 is 10.0 Å². The van der Waals surface area contributed by atoms with Crippen LogP contribution in [0.5, 0.6) is 0 Å². The van der Waals surface area contributed by atoms with E-state index in [-0.39, 0.29) is 4.90 Å². The van der Waals surface area contributed by atoms with E-state index in [1.54, 1.807) is 31.2 Å². The van der Waals surface area contributed by atoms with Crippen LogP contribution in [0.4, 0.5) is 5.69 Å². The third kappa shape index (κ3) is 3.61. The Morgan fingerprint density at radius 2 is 1.95 bits per heavy atom. The molecule has 7 heteroatoms. The first-order chi connectivity index (χ1) is 9.83. The third-order valence-electron chi connectivity index (χ3n) is 2.99. The van der Waals surface area contributed by atoms with Crippen LogP contribution in [0, 0.1) is 13.8 Å². The van der Waals surface area contributed by atoms with Crippen molar-refractivity contribution in [1.82, 2.24) is 4.98 Å². The Hall–Kier alpha value is -1.44. The van der Waals surface area contributed by atoms with E-state index in [0.717, 1.165) is 11.3 Å². The molecule has 1 aromatic heterocycles. The van der Waals surface area contributed by atoms with Crippen molar-refractivity contribution in [3.63, 3.8) is 0 Å². The SMILES string of the molecule is Cc1ccc(NS(=O)(=O)c2ccc(CN)cc2Br)c(C)n1. The summed E-state index contributed by atoms with van der Waals surface area (Å²) in [7, 11) is -3.68. The monoisotopic (exact) mass is 369 g/mol. The number of rotatable bonds is 4. The van der Waals surface area contributed by atoms with Gasteiger partial charge >= 0.3 is 0 Å². The van der Waals surface area contributed by atoms with Crippen LogP contribution in [-0.2, 0) is 16.6 Å². The largest absolute Gasteiger partial charge is 0.326 e. The maximum absolute atomic E-state index is 12.5. The van der Waals surface area contributed by atoms with Gasteiger partial charge in [-0.2, -0.15) is 0 Å². The minimum atomic E-state index is -3.68. The molecule has 5 nitrogen and oxygen atoms in total. The van der Waals surface area contributed by atoms with Crippen molar-refractivity contribution in [3.8, 4) is 0 Å². The summed E-state index contributed by atoms with van der Waals surface area (Å²) in [5.41, 5.74) is 8.33. The van der Waals surface area contributed by atoms with Crippen molar-refractivity contribution in [2.45, 2.75) is 25.3 Å². The van der Waals surface area contributed by atoms with Gasteiger partial charge in [0.25, 0.3) is 10.0 Å². The minimum Gasteiger partial charge on any atom is -0.326 e. The van der Waals surface area contributed by atoms with Crippen LogP contribution in [0.25, 0.3) is 0 Å². The van der Waals surface area contributed by atoms with E-state index in [1.807, 2.05) is 6.92 Å². The number of benzene rings is 1. The van der Waals surface area contributed by atoms with E-state index in [1.165, 1.54) is 6.07 Å². The van der Waals surface area contributed by atoms with Gasteiger partial charge in [0.2, 0.25) is 0 Å². The zero-order chi connectivity index (χ0) is 15.6. The Kier molecular flexibility index (Phi) is 4.65. The van der Waals surface area contributed by atoms with Gasteiger partial charge in [0.1, 0.15) is 4.90 Å². The number of nitrogens with one attached hydrogen (secondary N) is 1. The van der Waals surface area contributed by atoms with E-state index in [2.05, 4.69) is 25.6 Å². The number of pyridine rings is 1.